The summed E-state index contributed by atoms with van der Waals surface area (Å²) in [5.74, 6) is 8.06. The minimum Gasteiger partial charge on any atom is -0.353 e. The van der Waals surface area contributed by atoms with Crippen molar-refractivity contribution in [1.29, 1.82) is 0 Å². The number of hydrogen-bond donors (Lipinski definition) is 1. The molecule has 0 aliphatic carbocycles. The lowest BCUT2D eigenvalue weighted by molar-refractivity contribution is -0.119. The Hall–Kier alpha value is -0.270. The highest BCUT2D eigenvalue weighted by Gasteiger charge is 2.23. The van der Waals surface area contributed by atoms with E-state index in [9.17, 15) is 4.79 Å². The van der Waals surface area contributed by atoms with Gasteiger partial charge in [0.05, 0.1) is 0 Å². The molecule has 2 nitrogen and oxygen atoms in total. The number of hydrogen-bond acceptors (Lipinski definition) is 3. The van der Waals surface area contributed by atoms with E-state index in [0.717, 1.165) is 17.9 Å². The molecule has 0 radical (unpaired) electrons. The van der Waals surface area contributed by atoms with Crippen molar-refractivity contribution >= 4 is 29.4 Å². The summed E-state index contributed by atoms with van der Waals surface area (Å²) in [7, 11) is 0. The molecule has 1 aliphatic rings. The molecular formula is C9H13NOS2. The molecule has 1 fully saturated rings. The molecule has 0 spiro atoms. The molecule has 13 heavy (non-hydrogen) atoms. The Labute approximate surface area is 87.6 Å². The summed E-state index contributed by atoms with van der Waals surface area (Å²) in [5.41, 5.74) is 0. The topological polar surface area (TPSA) is 29.1 Å². The monoisotopic (exact) mass is 215 g/mol. The van der Waals surface area contributed by atoms with Crippen molar-refractivity contribution in [3.05, 3.63) is 0 Å². The van der Waals surface area contributed by atoms with Crippen molar-refractivity contribution in [2.75, 3.05) is 18.1 Å². The highest BCUT2D eigenvalue weighted by Crippen LogP contribution is 2.31. The molecule has 0 aromatic carbocycles. The van der Waals surface area contributed by atoms with E-state index in [4.69, 9.17) is 0 Å². The Morgan fingerprint density at radius 2 is 2.23 bits per heavy atom. The van der Waals surface area contributed by atoms with Crippen LogP contribution in [0.4, 0.5) is 0 Å². The summed E-state index contributed by atoms with van der Waals surface area (Å²) in [5, 5.41) is 2.88. The number of carbonyl (C=O) groups excluding carboxylic acids is 1. The SMILES string of the molecule is CC#CCCNC(=O)C1SCCS1. The molecule has 1 aliphatic heterocycles. The van der Waals surface area contributed by atoms with E-state index < -0.39 is 0 Å². The van der Waals surface area contributed by atoms with Gasteiger partial charge in [0.15, 0.2) is 0 Å². The number of rotatable bonds is 3. The lowest BCUT2D eigenvalue weighted by Crippen LogP contribution is -2.30. The molecule has 1 heterocycles. The van der Waals surface area contributed by atoms with Gasteiger partial charge in [-0.3, -0.25) is 4.79 Å². The Balaban J connectivity index is 2.12. The zero-order valence-corrected chi connectivity index (χ0v) is 9.26. The van der Waals surface area contributed by atoms with Crippen LogP contribution in [0.15, 0.2) is 0 Å². The average molecular weight is 215 g/mol. The molecule has 0 aromatic rings. The molecule has 1 saturated heterocycles. The average Bonchev–Trinajstić information content (AvgIpc) is 2.65. The quantitative estimate of drug-likeness (QED) is 0.569. The van der Waals surface area contributed by atoms with Gasteiger partial charge in [-0.15, -0.1) is 35.4 Å². The van der Waals surface area contributed by atoms with Gasteiger partial charge in [-0.05, 0) is 6.92 Å². The summed E-state index contributed by atoms with van der Waals surface area (Å²) in [6.07, 6.45) is 0.754. The smallest absolute Gasteiger partial charge is 0.243 e. The summed E-state index contributed by atoms with van der Waals surface area (Å²) >= 11 is 3.46. The van der Waals surface area contributed by atoms with Crippen LogP contribution < -0.4 is 5.32 Å². The van der Waals surface area contributed by atoms with Crippen LogP contribution in [0.5, 0.6) is 0 Å². The first-order chi connectivity index (χ1) is 6.34. The van der Waals surface area contributed by atoms with E-state index in [0.29, 0.717) is 6.54 Å². The van der Waals surface area contributed by atoms with Crippen LogP contribution >= 0.6 is 23.5 Å². The molecule has 0 aromatic heterocycles. The number of carbonyl (C=O) groups is 1. The molecule has 0 unspecified atom stereocenters. The minimum atomic E-state index is 0.120. The zero-order valence-electron chi connectivity index (χ0n) is 7.63. The third-order valence-corrected chi connectivity index (χ3v) is 4.55. The Morgan fingerprint density at radius 3 is 2.85 bits per heavy atom. The summed E-state index contributed by atoms with van der Waals surface area (Å²) in [4.78, 5) is 11.4. The van der Waals surface area contributed by atoms with Crippen LogP contribution in [0.25, 0.3) is 0 Å². The lowest BCUT2D eigenvalue weighted by atomic mass is 10.4. The van der Waals surface area contributed by atoms with Crippen LogP contribution in [0.3, 0.4) is 0 Å². The molecule has 0 saturated carbocycles. The molecule has 72 valence electrons. The second kappa shape index (κ2) is 6.22. The fourth-order valence-corrected chi connectivity index (χ4v) is 3.60. The van der Waals surface area contributed by atoms with E-state index in [1.54, 1.807) is 23.5 Å². The van der Waals surface area contributed by atoms with Gasteiger partial charge in [-0.25, -0.2) is 0 Å². The minimum absolute atomic E-state index is 0.120. The van der Waals surface area contributed by atoms with Crippen LogP contribution in [-0.2, 0) is 4.79 Å². The first-order valence-electron chi connectivity index (χ1n) is 4.25. The number of nitrogens with one attached hydrogen (secondary N) is 1. The second-order valence-corrected chi connectivity index (χ2v) is 5.27. The van der Waals surface area contributed by atoms with Crippen molar-refractivity contribution < 1.29 is 4.79 Å². The highest BCUT2D eigenvalue weighted by atomic mass is 32.2. The van der Waals surface area contributed by atoms with E-state index in [-0.39, 0.29) is 10.5 Å². The first kappa shape index (κ1) is 10.8. The van der Waals surface area contributed by atoms with E-state index in [1.165, 1.54) is 0 Å². The van der Waals surface area contributed by atoms with Gasteiger partial charge < -0.3 is 5.32 Å². The molecule has 4 heteroatoms. The van der Waals surface area contributed by atoms with Crippen LogP contribution in [0.2, 0.25) is 0 Å². The third kappa shape index (κ3) is 3.97. The van der Waals surface area contributed by atoms with Crippen LogP contribution in [0.1, 0.15) is 13.3 Å². The molecular weight excluding hydrogens is 202 g/mol. The van der Waals surface area contributed by atoms with Crippen molar-refractivity contribution in [3.8, 4) is 11.8 Å². The summed E-state index contributed by atoms with van der Waals surface area (Å²) in [6.45, 7) is 2.49. The molecule has 1 rings (SSSR count). The van der Waals surface area contributed by atoms with Gasteiger partial charge in [0, 0.05) is 24.5 Å². The zero-order chi connectivity index (χ0) is 9.52. The largest absolute Gasteiger partial charge is 0.353 e. The van der Waals surface area contributed by atoms with E-state index in [1.807, 2.05) is 6.92 Å². The predicted molar refractivity (Wildman–Crippen MR) is 59.8 cm³/mol. The van der Waals surface area contributed by atoms with Gasteiger partial charge in [0.2, 0.25) is 5.91 Å². The summed E-state index contributed by atoms with van der Waals surface area (Å²) < 4.78 is 0.120. The number of thioether (sulfide) groups is 2. The van der Waals surface area contributed by atoms with Gasteiger partial charge >= 0.3 is 0 Å². The highest BCUT2D eigenvalue weighted by molar-refractivity contribution is 8.21. The molecule has 1 amide bonds. The molecule has 0 atom stereocenters. The Bertz CT molecular complexity index is 226. The maximum Gasteiger partial charge on any atom is 0.243 e. The van der Waals surface area contributed by atoms with Gasteiger partial charge in [-0.2, -0.15) is 0 Å². The van der Waals surface area contributed by atoms with Crippen molar-refractivity contribution in [1.82, 2.24) is 5.32 Å². The summed E-state index contributed by atoms with van der Waals surface area (Å²) in [6, 6.07) is 0. The van der Waals surface area contributed by atoms with Gasteiger partial charge in [0.1, 0.15) is 4.58 Å². The maximum absolute atomic E-state index is 11.4. The number of amides is 1. The van der Waals surface area contributed by atoms with Gasteiger partial charge in [-0.1, -0.05) is 0 Å². The van der Waals surface area contributed by atoms with Crippen molar-refractivity contribution in [2.45, 2.75) is 17.9 Å². The molecule has 0 bridgehead atoms. The predicted octanol–water partition coefficient (Wildman–Crippen LogP) is 1.32. The fourth-order valence-electron chi connectivity index (χ4n) is 0.966. The Kier molecular flexibility index (Phi) is 5.18. The lowest BCUT2D eigenvalue weighted by Gasteiger charge is -2.07. The molecule has 1 N–H and O–H groups in total. The van der Waals surface area contributed by atoms with E-state index in [2.05, 4.69) is 17.2 Å². The normalized spacial score (nSPS) is 16.4. The third-order valence-electron chi connectivity index (χ3n) is 1.56. The fraction of sp³-hybridized carbons (Fsp3) is 0.667. The van der Waals surface area contributed by atoms with Crippen molar-refractivity contribution in [2.24, 2.45) is 0 Å². The van der Waals surface area contributed by atoms with Crippen LogP contribution in [-0.4, -0.2) is 28.5 Å². The standard InChI is InChI=1S/C9H13NOS2/c1-2-3-4-5-10-8(11)9-12-6-7-13-9/h9H,4-7H2,1H3,(H,10,11). The van der Waals surface area contributed by atoms with Crippen LogP contribution in [0, 0.1) is 11.8 Å². The van der Waals surface area contributed by atoms with E-state index >= 15 is 0 Å². The first-order valence-corrected chi connectivity index (χ1v) is 6.35. The van der Waals surface area contributed by atoms with Crippen molar-refractivity contribution in [3.63, 3.8) is 0 Å². The Morgan fingerprint density at radius 1 is 1.54 bits per heavy atom. The second-order valence-electron chi connectivity index (χ2n) is 2.54. The van der Waals surface area contributed by atoms with Gasteiger partial charge in [0.25, 0.3) is 0 Å². The maximum atomic E-state index is 11.4.